The summed E-state index contributed by atoms with van der Waals surface area (Å²) < 4.78 is 33.0. The highest BCUT2D eigenvalue weighted by molar-refractivity contribution is 8.01. The van der Waals surface area contributed by atoms with Crippen LogP contribution >= 0.6 is 23.1 Å². The van der Waals surface area contributed by atoms with E-state index in [0.717, 1.165) is 16.9 Å². The Bertz CT molecular complexity index is 963. The molecule has 0 aliphatic carbocycles. The molecule has 2 aromatic heterocycles. The van der Waals surface area contributed by atoms with Crippen molar-refractivity contribution in [1.29, 1.82) is 0 Å². The molecule has 8 heteroatoms. The van der Waals surface area contributed by atoms with Gasteiger partial charge in [-0.1, -0.05) is 12.1 Å². The van der Waals surface area contributed by atoms with Crippen LogP contribution in [0, 0.1) is 6.92 Å². The van der Waals surface area contributed by atoms with E-state index in [1.165, 1.54) is 0 Å². The summed E-state index contributed by atoms with van der Waals surface area (Å²) in [6, 6.07) is 8.82. The van der Waals surface area contributed by atoms with E-state index in [-0.39, 0.29) is 5.37 Å². The molecule has 3 heterocycles. The standard InChI is InChI=1S/C17H16N2O3S3/c1-12-18-16(10-22-12)13-2-4-15(5-3-13)25(20,21)19-7-9-24-17(19)14-6-8-23-11-14/h2-6,8,10-11,17H,7,9H2,1H3/t17-/m0/s1. The summed E-state index contributed by atoms with van der Waals surface area (Å²) in [5.74, 6) is 1.38. The lowest BCUT2D eigenvalue weighted by atomic mass is 10.2. The molecule has 0 radical (unpaired) electrons. The lowest BCUT2D eigenvalue weighted by Crippen LogP contribution is -2.30. The maximum atomic E-state index is 13.1. The second-order valence-electron chi connectivity index (χ2n) is 5.67. The molecule has 5 nitrogen and oxygen atoms in total. The van der Waals surface area contributed by atoms with Crippen LogP contribution in [0.5, 0.6) is 0 Å². The van der Waals surface area contributed by atoms with E-state index >= 15 is 0 Å². The van der Waals surface area contributed by atoms with Crippen molar-refractivity contribution in [3.63, 3.8) is 0 Å². The SMILES string of the molecule is Cc1nc(-c2ccc(S(=O)(=O)N3CCS[C@H]3c3ccsc3)cc2)co1. The third-order valence-electron chi connectivity index (χ3n) is 4.05. The average Bonchev–Trinajstić information content (AvgIpc) is 3.35. The molecule has 0 amide bonds. The zero-order valence-electron chi connectivity index (χ0n) is 13.5. The molecule has 25 heavy (non-hydrogen) atoms. The van der Waals surface area contributed by atoms with E-state index in [0.29, 0.717) is 23.0 Å². The zero-order chi connectivity index (χ0) is 17.4. The van der Waals surface area contributed by atoms with Crippen LogP contribution in [0.2, 0.25) is 0 Å². The predicted molar refractivity (Wildman–Crippen MR) is 100 cm³/mol. The van der Waals surface area contributed by atoms with Crippen LogP contribution in [0.1, 0.15) is 16.8 Å². The van der Waals surface area contributed by atoms with Gasteiger partial charge in [-0.15, -0.1) is 11.8 Å². The molecule has 0 N–H and O–H groups in total. The van der Waals surface area contributed by atoms with Gasteiger partial charge in [-0.3, -0.25) is 0 Å². The number of oxazole rings is 1. The Morgan fingerprint density at radius 1 is 1.24 bits per heavy atom. The first-order valence-corrected chi connectivity index (χ1v) is 11.2. The Hall–Kier alpha value is -1.61. The predicted octanol–water partition coefficient (Wildman–Crippen LogP) is 4.15. The summed E-state index contributed by atoms with van der Waals surface area (Å²) in [5, 5.41) is 3.85. The third kappa shape index (κ3) is 3.15. The highest BCUT2D eigenvalue weighted by Gasteiger charge is 2.36. The van der Waals surface area contributed by atoms with E-state index in [2.05, 4.69) is 4.98 Å². The van der Waals surface area contributed by atoms with Gasteiger partial charge in [-0.2, -0.15) is 15.6 Å². The highest BCUT2D eigenvalue weighted by Crippen LogP contribution is 2.42. The van der Waals surface area contributed by atoms with Gasteiger partial charge in [-0.05, 0) is 34.5 Å². The van der Waals surface area contributed by atoms with Crippen molar-refractivity contribution in [1.82, 2.24) is 9.29 Å². The summed E-state index contributed by atoms with van der Waals surface area (Å²) in [7, 11) is -3.53. The largest absolute Gasteiger partial charge is 0.449 e. The topological polar surface area (TPSA) is 63.4 Å². The number of rotatable bonds is 4. The van der Waals surface area contributed by atoms with Crippen LogP contribution in [0.25, 0.3) is 11.3 Å². The number of benzene rings is 1. The molecule has 0 saturated carbocycles. The summed E-state index contributed by atoms with van der Waals surface area (Å²) in [6.45, 7) is 2.30. The van der Waals surface area contributed by atoms with E-state index in [1.54, 1.807) is 64.9 Å². The minimum Gasteiger partial charge on any atom is -0.449 e. The molecule has 4 rings (SSSR count). The maximum Gasteiger partial charge on any atom is 0.244 e. The highest BCUT2D eigenvalue weighted by atomic mass is 32.2. The Morgan fingerprint density at radius 2 is 2.04 bits per heavy atom. The molecule has 0 unspecified atom stereocenters. The fourth-order valence-electron chi connectivity index (χ4n) is 2.81. The van der Waals surface area contributed by atoms with Gasteiger partial charge in [0.2, 0.25) is 10.0 Å². The van der Waals surface area contributed by atoms with Crippen molar-refractivity contribution in [3.8, 4) is 11.3 Å². The van der Waals surface area contributed by atoms with Crippen molar-refractivity contribution in [2.75, 3.05) is 12.3 Å². The zero-order valence-corrected chi connectivity index (χ0v) is 15.9. The van der Waals surface area contributed by atoms with E-state index in [4.69, 9.17) is 4.42 Å². The number of thiophene rings is 1. The Morgan fingerprint density at radius 3 is 2.68 bits per heavy atom. The molecule has 1 saturated heterocycles. The Balaban J connectivity index is 1.64. The van der Waals surface area contributed by atoms with Gasteiger partial charge in [0, 0.05) is 24.8 Å². The number of hydrogen-bond acceptors (Lipinski definition) is 6. The van der Waals surface area contributed by atoms with Gasteiger partial charge in [0.1, 0.15) is 12.0 Å². The first-order valence-electron chi connectivity index (χ1n) is 7.74. The number of aryl methyl sites for hydroxylation is 1. The normalized spacial score (nSPS) is 18.7. The number of nitrogens with zero attached hydrogens (tertiary/aromatic N) is 2. The molecule has 1 aliphatic heterocycles. The number of hydrogen-bond donors (Lipinski definition) is 0. The minimum atomic E-state index is -3.53. The Kier molecular flexibility index (Phi) is 4.45. The second-order valence-corrected chi connectivity index (χ2v) is 9.53. The van der Waals surface area contributed by atoms with Crippen molar-refractivity contribution in [2.45, 2.75) is 17.2 Å². The van der Waals surface area contributed by atoms with Crippen LogP contribution < -0.4 is 0 Å². The third-order valence-corrected chi connectivity index (χ3v) is 8.03. The molecule has 1 fully saturated rings. The minimum absolute atomic E-state index is 0.144. The van der Waals surface area contributed by atoms with E-state index < -0.39 is 10.0 Å². The summed E-state index contributed by atoms with van der Waals surface area (Å²) >= 11 is 3.25. The second kappa shape index (κ2) is 6.60. The maximum absolute atomic E-state index is 13.1. The molecular weight excluding hydrogens is 376 g/mol. The average molecular weight is 393 g/mol. The van der Waals surface area contributed by atoms with Gasteiger partial charge in [0.15, 0.2) is 5.89 Å². The monoisotopic (exact) mass is 392 g/mol. The van der Waals surface area contributed by atoms with Crippen molar-refractivity contribution >= 4 is 33.1 Å². The molecule has 130 valence electrons. The van der Waals surface area contributed by atoms with Crippen molar-refractivity contribution in [3.05, 3.63) is 58.8 Å². The van der Waals surface area contributed by atoms with Gasteiger partial charge in [0.25, 0.3) is 0 Å². The lowest BCUT2D eigenvalue weighted by Gasteiger charge is -2.22. The number of sulfonamides is 1. The van der Waals surface area contributed by atoms with Gasteiger partial charge in [-0.25, -0.2) is 13.4 Å². The molecule has 0 spiro atoms. The van der Waals surface area contributed by atoms with Gasteiger partial charge < -0.3 is 4.42 Å². The van der Waals surface area contributed by atoms with Gasteiger partial charge in [0.05, 0.1) is 10.3 Å². The number of aromatic nitrogens is 1. The first-order chi connectivity index (χ1) is 12.1. The van der Waals surface area contributed by atoms with Gasteiger partial charge >= 0.3 is 0 Å². The fourth-order valence-corrected chi connectivity index (χ4v) is 6.80. The molecule has 0 bridgehead atoms. The van der Waals surface area contributed by atoms with Crippen LogP contribution in [0.3, 0.4) is 0 Å². The molecule has 1 aromatic carbocycles. The molecule has 3 aromatic rings. The first kappa shape index (κ1) is 16.8. The Labute approximate surface area is 154 Å². The van der Waals surface area contributed by atoms with Crippen molar-refractivity contribution < 1.29 is 12.8 Å². The summed E-state index contributed by atoms with van der Waals surface area (Å²) in [5.41, 5.74) is 2.58. The van der Waals surface area contributed by atoms with E-state index in [9.17, 15) is 8.42 Å². The van der Waals surface area contributed by atoms with Crippen molar-refractivity contribution in [2.24, 2.45) is 0 Å². The summed E-state index contributed by atoms with van der Waals surface area (Å²) in [6.07, 6.45) is 1.57. The molecule has 1 aliphatic rings. The lowest BCUT2D eigenvalue weighted by molar-refractivity contribution is 0.435. The molecular formula is C17H16N2O3S3. The van der Waals surface area contributed by atoms with Crippen LogP contribution in [-0.4, -0.2) is 30.0 Å². The van der Waals surface area contributed by atoms with Crippen LogP contribution in [-0.2, 0) is 10.0 Å². The quantitative estimate of drug-likeness (QED) is 0.667. The smallest absolute Gasteiger partial charge is 0.244 e. The van der Waals surface area contributed by atoms with Crippen LogP contribution in [0.15, 0.2) is 56.7 Å². The summed E-state index contributed by atoms with van der Waals surface area (Å²) in [4.78, 5) is 4.57. The van der Waals surface area contributed by atoms with Crippen LogP contribution in [0.4, 0.5) is 0 Å². The van der Waals surface area contributed by atoms with E-state index in [1.807, 2.05) is 16.8 Å². The molecule has 1 atom stereocenters. The number of thioether (sulfide) groups is 1. The fraction of sp³-hybridized carbons (Fsp3) is 0.235.